The van der Waals surface area contributed by atoms with E-state index in [0.717, 1.165) is 17.0 Å². The summed E-state index contributed by atoms with van der Waals surface area (Å²) in [5, 5.41) is 16.9. The van der Waals surface area contributed by atoms with Crippen molar-refractivity contribution in [3.8, 4) is 0 Å². The van der Waals surface area contributed by atoms with Gasteiger partial charge in [0.25, 0.3) is 11.8 Å². The van der Waals surface area contributed by atoms with Crippen molar-refractivity contribution in [2.24, 2.45) is 0 Å². The highest BCUT2D eigenvalue weighted by Crippen LogP contribution is 2.30. The Morgan fingerprint density at radius 1 is 1.31 bits per heavy atom. The second kappa shape index (κ2) is 8.09. The molecule has 0 bridgehead atoms. The fourth-order valence-corrected chi connectivity index (χ4v) is 3.18. The summed E-state index contributed by atoms with van der Waals surface area (Å²) in [5.74, 6) is -1.96. The minimum atomic E-state index is -4.70. The maximum atomic E-state index is 12.9. The Morgan fingerprint density at radius 2 is 2.09 bits per heavy atom. The molecule has 4 N–H and O–H groups in total. The number of halogens is 3. The second-order valence-corrected chi connectivity index (χ2v) is 6.87. The first kappa shape index (κ1) is 21.5. The number of morpholine rings is 1. The number of carbonyl (C=O) groups excluding carboxylic acids is 2. The number of nitrogens with one attached hydrogen (secondary N) is 1. The van der Waals surface area contributed by atoms with E-state index in [9.17, 15) is 27.9 Å². The molecule has 10 nitrogen and oxygen atoms in total. The molecule has 32 heavy (non-hydrogen) atoms. The van der Waals surface area contributed by atoms with Crippen molar-refractivity contribution in [3.63, 3.8) is 0 Å². The molecule has 0 saturated carbocycles. The van der Waals surface area contributed by atoms with Crippen LogP contribution in [0.4, 0.5) is 30.5 Å². The SMILES string of the molecule is Nc1noc2cc(NC(=O)C(O)C3OCCN(c4cccc(C(F)(F)F)n4)C3=O)ccc12. The largest absolute Gasteiger partial charge is 0.433 e. The number of benzene rings is 1. The topological polar surface area (TPSA) is 144 Å². The molecule has 2 atom stereocenters. The Balaban J connectivity index is 1.49. The van der Waals surface area contributed by atoms with E-state index in [1.807, 2.05) is 0 Å². The summed E-state index contributed by atoms with van der Waals surface area (Å²) in [6.07, 6.45) is -8.27. The smallest absolute Gasteiger partial charge is 0.380 e. The molecule has 1 fully saturated rings. The van der Waals surface area contributed by atoms with Crippen molar-refractivity contribution in [1.29, 1.82) is 0 Å². The van der Waals surface area contributed by atoms with Crippen LogP contribution in [-0.2, 0) is 20.5 Å². The summed E-state index contributed by atoms with van der Waals surface area (Å²) in [6.45, 7) is -0.219. The van der Waals surface area contributed by atoms with Crippen LogP contribution in [0.25, 0.3) is 11.0 Å². The summed E-state index contributed by atoms with van der Waals surface area (Å²) in [6, 6.07) is 7.56. The predicted molar refractivity (Wildman–Crippen MR) is 104 cm³/mol. The summed E-state index contributed by atoms with van der Waals surface area (Å²) < 4.78 is 49.1. The number of ether oxygens (including phenoxy) is 1. The maximum absolute atomic E-state index is 12.9. The van der Waals surface area contributed by atoms with E-state index in [4.69, 9.17) is 15.0 Å². The first-order valence-electron chi connectivity index (χ1n) is 9.26. The van der Waals surface area contributed by atoms with Crippen LogP contribution in [0.1, 0.15) is 5.69 Å². The third-order valence-electron chi connectivity index (χ3n) is 4.75. The number of aliphatic hydroxyl groups excluding tert-OH is 1. The normalized spacial score (nSPS) is 18.1. The van der Waals surface area contributed by atoms with Gasteiger partial charge in [-0.2, -0.15) is 13.2 Å². The Kier molecular flexibility index (Phi) is 5.44. The van der Waals surface area contributed by atoms with E-state index in [-0.39, 0.29) is 30.5 Å². The van der Waals surface area contributed by atoms with E-state index >= 15 is 0 Å². The molecule has 1 aliphatic heterocycles. The van der Waals surface area contributed by atoms with Gasteiger partial charge in [0.1, 0.15) is 11.5 Å². The quantitative estimate of drug-likeness (QED) is 0.542. The average molecular weight is 451 g/mol. The number of nitrogen functional groups attached to an aromatic ring is 1. The number of aromatic nitrogens is 2. The minimum absolute atomic E-state index is 0.0957. The van der Waals surface area contributed by atoms with E-state index in [0.29, 0.717) is 11.0 Å². The monoisotopic (exact) mass is 451 g/mol. The summed E-state index contributed by atoms with van der Waals surface area (Å²) in [4.78, 5) is 29.7. The van der Waals surface area contributed by atoms with Gasteiger partial charge in [0.15, 0.2) is 23.6 Å². The average Bonchev–Trinajstić information content (AvgIpc) is 3.13. The zero-order valence-corrected chi connectivity index (χ0v) is 16.2. The number of carbonyl (C=O) groups is 2. The van der Waals surface area contributed by atoms with Gasteiger partial charge >= 0.3 is 6.18 Å². The molecule has 0 aliphatic carbocycles. The van der Waals surface area contributed by atoms with Gasteiger partial charge in [0.05, 0.1) is 18.5 Å². The van der Waals surface area contributed by atoms with E-state index in [1.54, 1.807) is 6.07 Å². The van der Waals surface area contributed by atoms with Crippen molar-refractivity contribution < 1.29 is 37.1 Å². The van der Waals surface area contributed by atoms with Crippen molar-refractivity contribution >= 4 is 40.1 Å². The first-order chi connectivity index (χ1) is 15.1. The highest BCUT2D eigenvalue weighted by molar-refractivity contribution is 6.04. The van der Waals surface area contributed by atoms with Crippen LogP contribution in [-0.4, -0.2) is 52.4 Å². The Bertz CT molecular complexity index is 1180. The number of hydrogen-bond donors (Lipinski definition) is 3. The molecule has 168 valence electrons. The number of aliphatic hydroxyl groups is 1. The van der Waals surface area contributed by atoms with Crippen molar-refractivity contribution in [1.82, 2.24) is 10.1 Å². The van der Waals surface area contributed by atoms with E-state index in [2.05, 4.69) is 15.5 Å². The van der Waals surface area contributed by atoms with Gasteiger partial charge in [-0.15, -0.1) is 0 Å². The molecule has 3 aromatic rings. The van der Waals surface area contributed by atoms with Gasteiger partial charge in [-0.1, -0.05) is 11.2 Å². The Hall–Kier alpha value is -3.71. The molecule has 2 aromatic heterocycles. The van der Waals surface area contributed by atoms with E-state index < -0.39 is 35.9 Å². The predicted octanol–water partition coefficient (Wildman–Crippen LogP) is 1.56. The number of nitrogens with zero attached hydrogens (tertiary/aromatic N) is 3. The Labute approximate surface area is 177 Å². The van der Waals surface area contributed by atoms with Crippen LogP contribution in [0.3, 0.4) is 0 Å². The molecular formula is C19H16F3N5O5. The molecule has 13 heteroatoms. The molecule has 0 radical (unpaired) electrons. The molecule has 0 spiro atoms. The van der Waals surface area contributed by atoms with Crippen LogP contribution in [0, 0.1) is 0 Å². The van der Waals surface area contributed by atoms with Crippen LogP contribution in [0.2, 0.25) is 0 Å². The lowest BCUT2D eigenvalue weighted by atomic mass is 10.1. The number of nitrogens with two attached hydrogens (primary N) is 1. The molecule has 1 aromatic carbocycles. The third-order valence-corrected chi connectivity index (χ3v) is 4.75. The second-order valence-electron chi connectivity index (χ2n) is 6.87. The van der Waals surface area contributed by atoms with Gasteiger partial charge in [0.2, 0.25) is 0 Å². The summed E-state index contributed by atoms with van der Waals surface area (Å²) >= 11 is 0. The van der Waals surface area contributed by atoms with Crippen molar-refractivity contribution in [3.05, 3.63) is 42.1 Å². The van der Waals surface area contributed by atoms with Crippen LogP contribution in [0.5, 0.6) is 0 Å². The zero-order valence-electron chi connectivity index (χ0n) is 16.2. The number of fused-ring (bicyclic) bond motifs is 1. The highest BCUT2D eigenvalue weighted by atomic mass is 19.4. The summed E-state index contributed by atoms with van der Waals surface area (Å²) in [7, 11) is 0. The van der Waals surface area contributed by atoms with Crippen LogP contribution >= 0.6 is 0 Å². The van der Waals surface area contributed by atoms with Gasteiger partial charge < -0.3 is 25.4 Å². The number of alkyl halides is 3. The summed E-state index contributed by atoms with van der Waals surface area (Å²) in [5.41, 5.74) is 4.98. The number of anilines is 3. The van der Waals surface area contributed by atoms with Crippen LogP contribution in [0.15, 0.2) is 40.9 Å². The fourth-order valence-electron chi connectivity index (χ4n) is 3.18. The first-order valence-corrected chi connectivity index (χ1v) is 9.26. The molecule has 1 saturated heterocycles. The lowest BCUT2D eigenvalue weighted by molar-refractivity contribution is -0.150. The van der Waals surface area contributed by atoms with Crippen molar-refractivity contribution in [2.75, 3.05) is 29.1 Å². The molecule has 4 rings (SSSR count). The number of rotatable bonds is 4. The van der Waals surface area contributed by atoms with Gasteiger partial charge in [-0.3, -0.25) is 14.5 Å². The molecule has 3 heterocycles. The standard InChI is InChI=1S/C19H16F3N5O5/c20-19(21,22)12-2-1-3-13(25-12)27-6-7-31-15(18(27)30)14(28)17(29)24-9-4-5-10-11(8-9)32-26-16(10)23/h1-5,8,14-15,28H,6-7H2,(H2,23,26)(H,24,29). The molecule has 2 unspecified atom stereocenters. The zero-order chi connectivity index (χ0) is 23.0. The Morgan fingerprint density at radius 3 is 2.84 bits per heavy atom. The number of amides is 2. The van der Waals surface area contributed by atoms with Gasteiger partial charge in [-0.25, -0.2) is 4.98 Å². The number of hydrogen-bond acceptors (Lipinski definition) is 8. The fraction of sp³-hybridized carbons (Fsp3) is 0.263. The molecule has 2 amide bonds. The maximum Gasteiger partial charge on any atom is 0.433 e. The number of pyridine rings is 1. The van der Waals surface area contributed by atoms with E-state index in [1.165, 1.54) is 18.2 Å². The van der Waals surface area contributed by atoms with Gasteiger partial charge in [-0.05, 0) is 24.3 Å². The van der Waals surface area contributed by atoms with Crippen LogP contribution < -0.4 is 16.0 Å². The van der Waals surface area contributed by atoms with Crippen molar-refractivity contribution in [2.45, 2.75) is 18.4 Å². The molecular weight excluding hydrogens is 435 g/mol. The van der Waals surface area contributed by atoms with Gasteiger partial charge in [0, 0.05) is 11.8 Å². The molecule has 1 aliphatic rings. The minimum Gasteiger partial charge on any atom is -0.380 e. The third kappa shape index (κ3) is 4.07. The lowest BCUT2D eigenvalue weighted by Gasteiger charge is -2.33. The lowest BCUT2D eigenvalue weighted by Crippen LogP contribution is -2.55. The highest BCUT2D eigenvalue weighted by Gasteiger charge is 2.40.